The fourth-order valence-corrected chi connectivity index (χ4v) is 4.49. The van der Waals surface area contributed by atoms with Gasteiger partial charge in [-0.15, -0.1) is 0 Å². The van der Waals surface area contributed by atoms with Crippen molar-refractivity contribution in [2.75, 3.05) is 49.1 Å². The summed E-state index contributed by atoms with van der Waals surface area (Å²) in [7, 11) is 0. The molecule has 0 saturated carbocycles. The average Bonchev–Trinajstić information content (AvgIpc) is 2.80. The SMILES string of the molecule is Cc1ccccc1N1CCN(c2ccc(C(=O)NC3CCNCC3)cc2C(N)=O)CC1. The smallest absolute Gasteiger partial charge is 0.251 e. The van der Waals surface area contributed by atoms with Crippen molar-refractivity contribution in [2.45, 2.75) is 25.8 Å². The van der Waals surface area contributed by atoms with Crippen LogP contribution in [0.15, 0.2) is 42.5 Å². The highest BCUT2D eigenvalue weighted by Gasteiger charge is 2.23. The van der Waals surface area contributed by atoms with Gasteiger partial charge in [0.15, 0.2) is 0 Å². The minimum absolute atomic E-state index is 0.148. The number of piperazine rings is 1. The van der Waals surface area contributed by atoms with Gasteiger partial charge in [0.25, 0.3) is 11.8 Å². The van der Waals surface area contributed by atoms with E-state index in [0.717, 1.165) is 57.8 Å². The zero-order chi connectivity index (χ0) is 21.8. The lowest BCUT2D eigenvalue weighted by Gasteiger charge is -2.38. The van der Waals surface area contributed by atoms with Gasteiger partial charge in [-0.2, -0.15) is 0 Å². The highest BCUT2D eigenvalue weighted by molar-refractivity contribution is 6.03. The number of nitrogens with one attached hydrogen (secondary N) is 2. The third-order valence-electron chi connectivity index (χ3n) is 6.28. The molecule has 0 spiro atoms. The van der Waals surface area contributed by atoms with Crippen LogP contribution < -0.4 is 26.2 Å². The van der Waals surface area contributed by atoms with Gasteiger partial charge in [-0.25, -0.2) is 0 Å². The monoisotopic (exact) mass is 421 g/mol. The number of anilines is 2. The van der Waals surface area contributed by atoms with E-state index in [0.29, 0.717) is 11.1 Å². The molecular weight excluding hydrogens is 390 g/mol. The minimum atomic E-state index is -0.507. The molecule has 31 heavy (non-hydrogen) atoms. The summed E-state index contributed by atoms with van der Waals surface area (Å²) in [6.45, 7) is 7.24. The summed E-state index contributed by atoms with van der Waals surface area (Å²) in [5, 5.41) is 6.37. The van der Waals surface area contributed by atoms with Crippen LogP contribution in [0.3, 0.4) is 0 Å². The van der Waals surface area contributed by atoms with E-state index in [1.807, 2.05) is 6.07 Å². The maximum atomic E-state index is 12.7. The summed E-state index contributed by atoms with van der Waals surface area (Å²) >= 11 is 0. The molecular formula is C24H31N5O2. The van der Waals surface area contributed by atoms with Crippen molar-refractivity contribution < 1.29 is 9.59 Å². The van der Waals surface area contributed by atoms with Gasteiger partial charge in [0.2, 0.25) is 0 Å². The van der Waals surface area contributed by atoms with Gasteiger partial charge >= 0.3 is 0 Å². The minimum Gasteiger partial charge on any atom is -0.368 e. The number of rotatable bonds is 5. The molecule has 7 heteroatoms. The number of amides is 2. The molecule has 2 aliphatic heterocycles. The largest absolute Gasteiger partial charge is 0.368 e. The van der Waals surface area contributed by atoms with Crippen molar-refractivity contribution in [2.24, 2.45) is 5.73 Å². The van der Waals surface area contributed by atoms with Crippen molar-refractivity contribution >= 4 is 23.2 Å². The first-order valence-electron chi connectivity index (χ1n) is 11.0. The molecule has 0 radical (unpaired) electrons. The predicted molar refractivity (Wildman–Crippen MR) is 124 cm³/mol. The molecule has 0 atom stereocenters. The van der Waals surface area contributed by atoms with Gasteiger partial charge in [-0.1, -0.05) is 18.2 Å². The maximum absolute atomic E-state index is 12.7. The Hall–Kier alpha value is -3.06. The number of para-hydroxylation sites is 1. The van der Waals surface area contributed by atoms with E-state index in [9.17, 15) is 9.59 Å². The summed E-state index contributed by atoms with van der Waals surface area (Å²) in [5.74, 6) is -0.654. The lowest BCUT2D eigenvalue weighted by Crippen LogP contribution is -2.47. The van der Waals surface area contributed by atoms with E-state index in [4.69, 9.17) is 5.73 Å². The Labute approximate surface area is 183 Å². The average molecular weight is 422 g/mol. The fourth-order valence-electron chi connectivity index (χ4n) is 4.49. The molecule has 2 fully saturated rings. The molecule has 2 saturated heterocycles. The van der Waals surface area contributed by atoms with E-state index < -0.39 is 5.91 Å². The Morgan fingerprint density at radius 2 is 1.61 bits per heavy atom. The van der Waals surface area contributed by atoms with Crippen LogP contribution in [-0.4, -0.2) is 57.1 Å². The molecule has 4 N–H and O–H groups in total. The number of aryl methyl sites for hydroxylation is 1. The lowest BCUT2D eigenvalue weighted by molar-refractivity contribution is 0.0929. The summed E-state index contributed by atoms with van der Waals surface area (Å²) in [4.78, 5) is 29.5. The number of nitrogens with two attached hydrogens (primary N) is 1. The Bertz CT molecular complexity index is 947. The highest BCUT2D eigenvalue weighted by atomic mass is 16.2. The number of hydrogen-bond donors (Lipinski definition) is 3. The third-order valence-corrected chi connectivity index (χ3v) is 6.28. The standard InChI is InChI=1S/C24H31N5O2/c1-17-4-2-3-5-21(17)28-12-14-29(15-13-28)22-7-6-18(16-20(22)23(25)30)24(31)27-19-8-10-26-11-9-19/h2-7,16,19,26H,8-15H2,1H3,(H2,25,30)(H,27,31). The summed E-state index contributed by atoms with van der Waals surface area (Å²) in [5.41, 5.74) is 9.90. The fraction of sp³-hybridized carbons (Fsp3) is 0.417. The zero-order valence-electron chi connectivity index (χ0n) is 18.1. The molecule has 2 heterocycles. The molecule has 0 aromatic heterocycles. The molecule has 2 amide bonds. The molecule has 2 aliphatic rings. The second-order valence-electron chi connectivity index (χ2n) is 8.35. The number of carbonyl (C=O) groups is 2. The van der Waals surface area contributed by atoms with E-state index >= 15 is 0 Å². The number of benzene rings is 2. The van der Waals surface area contributed by atoms with Crippen molar-refractivity contribution in [1.82, 2.24) is 10.6 Å². The second kappa shape index (κ2) is 9.39. The van der Waals surface area contributed by atoms with E-state index in [2.05, 4.69) is 51.6 Å². The summed E-state index contributed by atoms with van der Waals surface area (Å²) in [6, 6.07) is 13.9. The van der Waals surface area contributed by atoms with Gasteiger partial charge in [-0.3, -0.25) is 9.59 Å². The van der Waals surface area contributed by atoms with Crippen LogP contribution in [0.4, 0.5) is 11.4 Å². The predicted octanol–water partition coefficient (Wildman–Crippen LogP) is 1.90. The Morgan fingerprint density at radius 1 is 0.968 bits per heavy atom. The van der Waals surface area contributed by atoms with Crippen LogP contribution in [0.2, 0.25) is 0 Å². The van der Waals surface area contributed by atoms with E-state index in [1.165, 1.54) is 11.3 Å². The quantitative estimate of drug-likeness (QED) is 0.686. The zero-order valence-corrected chi connectivity index (χ0v) is 18.1. The van der Waals surface area contributed by atoms with Crippen molar-refractivity contribution in [3.8, 4) is 0 Å². The first-order chi connectivity index (χ1) is 15.0. The topological polar surface area (TPSA) is 90.7 Å². The number of carbonyl (C=O) groups excluding carboxylic acids is 2. The van der Waals surface area contributed by atoms with E-state index in [-0.39, 0.29) is 11.9 Å². The van der Waals surface area contributed by atoms with Gasteiger partial charge in [-0.05, 0) is 62.7 Å². The van der Waals surface area contributed by atoms with Gasteiger partial charge < -0.3 is 26.2 Å². The number of hydrogen-bond acceptors (Lipinski definition) is 5. The Balaban J connectivity index is 1.46. The molecule has 0 bridgehead atoms. The van der Waals surface area contributed by atoms with Crippen LogP contribution in [0.1, 0.15) is 39.1 Å². The van der Waals surface area contributed by atoms with Gasteiger partial charge in [0, 0.05) is 49.2 Å². The van der Waals surface area contributed by atoms with Gasteiger partial charge in [0.1, 0.15) is 0 Å². The highest BCUT2D eigenvalue weighted by Crippen LogP contribution is 2.26. The molecule has 0 unspecified atom stereocenters. The third kappa shape index (κ3) is 4.82. The summed E-state index contributed by atoms with van der Waals surface area (Å²) < 4.78 is 0. The Kier molecular flexibility index (Phi) is 6.42. The normalized spacial score (nSPS) is 17.5. The molecule has 0 aliphatic carbocycles. The van der Waals surface area contributed by atoms with E-state index in [1.54, 1.807) is 12.1 Å². The molecule has 4 rings (SSSR count). The number of primary amides is 1. The maximum Gasteiger partial charge on any atom is 0.251 e. The Morgan fingerprint density at radius 3 is 2.26 bits per heavy atom. The molecule has 164 valence electrons. The number of piperidine rings is 1. The first-order valence-corrected chi connectivity index (χ1v) is 11.0. The van der Waals surface area contributed by atoms with Crippen molar-refractivity contribution in [1.29, 1.82) is 0 Å². The summed E-state index contributed by atoms with van der Waals surface area (Å²) in [6.07, 6.45) is 1.83. The molecule has 7 nitrogen and oxygen atoms in total. The van der Waals surface area contributed by atoms with Crippen molar-refractivity contribution in [3.05, 3.63) is 59.2 Å². The molecule has 2 aromatic carbocycles. The molecule has 2 aromatic rings. The first kappa shape index (κ1) is 21.2. The van der Waals surface area contributed by atoms with Crippen LogP contribution in [-0.2, 0) is 0 Å². The number of nitrogens with zero attached hydrogens (tertiary/aromatic N) is 2. The van der Waals surface area contributed by atoms with Crippen LogP contribution >= 0.6 is 0 Å². The van der Waals surface area contributed by atoms with Crippen LogP contribution in [0, 0.1) is 6.92 Å². The second-order valence-corrected chi connectivity index (χ2v) is 8.35. The lowest BCUT2D eigenvalue weighted by atomic mass is 10.0. The van der Waals surface area contributed by atoms with Gasteiger partial charge in [0.05, 0.1) is 5.56 Å². The van der Waals surface area contributed by atoms with Crippen LogP contribution in [0.5, 0.6) is 0 Å². The van der Waals surface area contributed by atoms with Crippen LogP contribution in [0.25, 0.3) is 0 Å². The van der Waals surface area contributed by atoms with Crippen molar-refractivity contribution in [3.63, 3.8) is 0 Å².